The summed E-state index contributed by atoms with van der Waals surface area (Å²) in [6, 6.07) is 7.14. The largest absolute Gasteiger partial charge is 0.369 e. The van der Waals surface area contributed by atoms with Crippen molar-refractivity contribution in [2.75, 3.05) is 11.9 Å². The third-order valence-corrected chi connectivity index (χ3v) is 2.08. The molecule has 1 aromatic rings. The van der Waals surface area contributed by atoms with Crippen molar-refractivity contribution in [1.29, 1.82) is 0 Å². The van der Waals surface area contributed by atoms with Gasteiger partial charge < -0.3 is 10.1 Å². The first-order valence-corrected chi connectivity index (χ1v) is 5.16. The summed E-state index contributed by atoms with van der Waals surface area (Å²) in [5.74, 6) is 2.34. The third-order valence-electron chi connectivity index (χ3n) is 2.08. The molecule has 0 bridgehead atoms. The summed E-state index contributed by atoms with van der Waals surface area (Å²) < 4.78 is 5.18. The van der Waals surface area contributed by atoms with Gasteiger partial charge in [-0.15, -0.1) is 6.42 Å². The van der Waals surface area contributed by atoms with Crippen molar-refractivity contribution in [2.24, 2.45) is 0 Å². The topological polar surface area (TPSA) is 38.3 Å². The maximum absolute atomic E-state index is 11.6. The van der Waals surface area contributed by atoms with Gasteiger partial charge in [0.25, 0.3) is 5.91 Å². The number of benzene rings is 1. The molecular weight excluding hydrogens is 202 g/mol. The molecule has 1 aromatic carbocycles. The van der Waals surface area contributed by atoms with Crippen LogP contribution in [0.25, 0.3) is 0 Å². The number of ether oxygens (including phenoxy) is 1. The molecule has 0 aliphatic rings. The van der Waals surface area contributed by atoms with Crippen LogP contribution < -0.4 is 5.32 Å². The van der Waals surface area contributed by atoms with Crippen LogP contribution in [0, 0.1) is 12.3 Å². The number of amides is 1. The van der Waals surface area contributed by atoms with Crippen LogP contribution in [-0.2, 0) is 9.53 Å². The van der Waals surface area contributed by atoms with E-state index in [4.69, 9.17) is 11.2 Å². The van der Waals surface area contributed by atoms with Crippen LogP contribution in [-0.4, -0.2) is 18.6 Å². The number of hydrogen-bond donors (Lipinski definition) is 1. The second kappa shape index (κ2) is 5.94. The lowest BCUT2D eigenvalue weighted by Gasteiger charge is -2.12. The minimum atomic E-state index is -0.459. The normalized spacial score (nSPS) is 11.6. The Bertz CT molecular complexity index is 407. The molecule has 0 aromatic heterocycles. The van der Waals surface area contributed by atoms with Crippen molar-refractivity contribution in [2.45, 2.75) is 20.0 Å². The Kier molecular flexibility index (Phi) is 4.56. The van der Waals surface area contributed by atoms with Gasteiger partial charge in [-0.1, -0.05) is 12.0 Å². The molecule has 16 heavy (non-hydrogen) atoms. The second-order valence-corrected chi connectivity index (χ2v) is 3.31. The molecule has 0 aliphatic carbocycles. The Labute approximate surface area is 95.8 Å². The van der Waals surface area contributed by atoms with Crippen molar-refractivity contribution in [3.63, 3.8) is 0 Å². The molecule has 0 fully saturated rings. The van der Waals surface area contributed by atoms with Crippen LogP contribution >= 0.6 is 0 Å². The van der Waals surface area contributed by atoms with Gasteiger partial charge in [0.2, 0.25) is 0 Å². The highest BCUT2D eigenvalue weighted by atomic mass is 16.5. The van der Waals surface area contributed by atoms with E-state index in [-0.39, 0.29) is 5.91 Å². The quantitative estimate of drug-likeness (QED) is 0.784. The number of nitrogens with one attached hydrogen (secondary N) is 1. The number of rotatable bonds is 4. The zero-order chi connectivity index (χ0) is 12.0. The molecular formula is C13H15NO2. The highest BCUT2D eigenvalue weighted by Gasteiger charge is 2.12. The van der Waals surface area contributed by atoms with Gasteiger partial charge in [-0.05, 0) is 32.0 Å². The molecule has 0 radical (unpaired) electrons. The molecule has 1 unspecified atom stereocenters. The number of terminal acetylenes is 1. The van der Waals surface area contributed by atoms with E-state index in [9.17, 15) is 4.79 Å². The van der Waals surface area contributed by atoms with Crippen LogP contribution in [0.1, 0.15) is 19.4 Å². The molecule has 0 aliphatic heterocycles. The lowest BCUT2D eigenvalue weighted by Crippen LogP contribution is -2.27. The lowest BCUT2D eigenvalue weighted by molar-refractivity contribution is -0.126. The van der Waals surface area contributed by atoms with Crippen molar-refractivity contribution < 1.29 is 9.53 Å². The number of carbonyl (C=O) groups is 1. The molecule has 3 heteroatoms. The van der Waals surface area contributed by atoms with Gasteiger partial charge >= 0.3 is 0 Å². The highest BCUT2D eigenvalue weighted by Crippen LogP contribution is 2.10. The summed E-state index contributed by atoms with van der Waals surface area (Å²) in [5.41, 5.74) is 1.42. The van der Waals surface area contributed by atoms with E-state index in [1.54, 1.807) is 25.1 Å². The summed E-state index contributed by atoms with van der Waals surface area (Å²) in [4.78, 5) is 11.6. The second-order valence-electron chi connectivity index (χ2n) is 3.31. The predicted octanol–water partition coefficient (Wildman–Crippen LogP) is 2.03. The molecule has 1 N–H and O–H groups in total. The monoisotopic (exact) mass is 217 g/mol. The fraction of sp³-hybridized carbons (Fsp3) is 0.308. The van der Waals surface area contributed by atoms with Gasteiger partial charge in [0.1, 0.15) is 6.10 Å². The van der Waals surface area contributed by atoms with Crippen molar-refractivity contribution >= 4 is 11.6 Å². The standard InChI is InChI=1S/C13H15NO2/c1-4-11-7-6-8-12(9-11)14-13(15)10(3)16-5-2/h1,6-10H,5H2,2-3H3,(H,14,15). The molecule has 3 nitrogen and oxygen atoms in total. The van der Waals surface area contributed by atoms with Crippen LogP contribution in [0.15, 0.2) is 24.3 Å². The van der Waals surface area contributed by atoms with E-state index in [1.165, 1.54) is 0 Å². The van der Waals surface area contributed by atoms with Crippen LogP contribution in [0.2, 0.25) is 0 Å². The zero-order valence-corrected chi connectivity index (χ0v) is 9.49. The van der Waals surface area contributed by atoms with Crippen LogP contribution in [0.3, 0.4) is 0 Å². The van der Waals surface area contributed by atoms with Gasteiger partial charge in [0.15, 0.2) is 0 Å². The summed E-state index contributed by atoms with van der Waals surface area (Å²) in [6.07, 6.45) is 4.81. The smallest absolute Gasteiger partial charge is 0.253 e. The first-order valence-electron chi connectivity index (χ1n) is 5.16. The van der Waals surface area contributed by atoms with E-state index in [2.05, 4.69) is 11.2 Å². The van der Waals surface area contributed by atoms with Gasteiger partial charge in [0.05, 0.1) is 0 Å². The summed E-state index contributed by atoms with van der Waals surface area (Å²) in [6.45, 7) is 4.07. The first-order chi connectivity index (χ1) is 7.67. The minimum Gasteiger partial charge on any atom is -0.369 e. The van der Waals surface area contributed by atoms with Gasteiger partial charge in [-0.25, -0.2) is 0 Å². The van der Waals surface area contributed by atoms with Crippen molar-refractivity contribution in [1.82, 2.24) is 0 Å². The molecule has 84 valence electrons. The molecule has 1 rings (SSSR count). The Morgan fingerprint density at radius 1 is 1.62 bits per heavy atom. The molecule has 1 amide bonds. The van der Waals surface area contributed by atoms with E-state index < -0.39 is 6.10 Å². The predicted molar refractivity (Wildman–Crippen MR) is 64.1 cm³/mol. The SMILES string of the molecule is C#Cc1cccc(NC(=O)C(C)OCC)c1. The Morgan fingerprint density at radius 3 is 3.00 bits per heavy atom. The maximum Gasteiger partial charge on any atom is 0.253 e. The van der Waals surface area contributed by atoms with E-state index in [0.29, 0.717) is 12.3 Å². The van der Waals surface area contributed by atoms with Gasteiger partial charge in [-0.2, -0.15) is 0 Å². The summed E-state index contributed by atoms with van der Waals surface area (Å²) in [7, 11) is 0. The number of anilines is 1. The maximum atomic E-state index is 11.6. The number of carbonyl (C=O) groups excluding carboxylic acids is 1. The van der Waals surface area contributed by atoms with E-state index in [1.807, 2.05) is 13.0 Å². The Hall–Kier alpha value is -1.79. The molecule has 0 spiro atoms. The first kappa shape index (κ1) is 12.3. The van der Waals surface area contributed by atoms with E-state index in [0.717, 1.165) is 5.56 Å². The van der Waals surface area contributed by atoms with Crippen molar-refractivity contribution in [3.8, 4) is 12.3 Å². The average Bonchev–Trinajstić information content (AvgIpc) is 2.29. The van der Waals surface area contributed by atoms with Crippen LogP contribution in [0.4, 0.5) is 5.69 Å². The summed E-state index contributed by atoms with van der Waals surface area (Å²) in [5, 5.41) is 2.74. The number of hydrogen-bond acceptors (Lipinski definition) is 2. The Morgan fingerprint density at radius 2 is 2.38 bits per heavy atom. The zero-order valence-electron chi connectivity index (χ0n) is 9.49. The Balaban J connectivity index is 2.66. The van der Waals surface area contributed by atoms with Crippen LogP contribution in [0.5, 0.6) is 0 Å². The molecule has 1 atom stereocenters. The molecule has 0 saturated heterocycles. The van der Waals surface area contributed by atoms with Crippen molar-refractivity contribution in [3.05, 3.63) is 29.8 Å². The van der Waals surface area contributed by atoms with Gasteiger partial charge in [-0.3, -0.25) is 4.79 Å². The van der Waals surface area contributed by atoms with E-state index >= 15 is 0 Å². The highest BCUT2D eigenvalue weighted by molar-refractivity contribution is 5.94. The fourth-order valence-electron chi connectivity index (χ4n) is 1.26. The summed E-state index contributed by atoms with van der Waals surface area (Å²) >= 11 is 0. The molecule has 0 saturated carbocycles. The minimum absolute atomic E-state index is 0.170. The third kappa shape index (κ3) is 3.41. The van der Waals surface area contributed by atoms with Gasteiger partial charge in [0, 0.05) is 17.9 Å². The lowest BCUT2D eigenvalue weighted by atomic mass is 10.2. The fourth-order valence-corrected chi connectivity index (χ4v) is 1.26. The average molecular weight is 217 g/mol. The molecule has 0 heterocycles.